The maximum absolute atomic E-state index is 12.0. The molecule has 2 heterocycles. The van der Waals surface area contributed by atoms with E-state index in [9.17, 15) is 19.2 Å². The number of rotatable bonds is 6. The number of imide groups is 2. The van der Waals surface area contributed by atoms with Gasteiger partial charge in [-0.1, -0.05) is 6.07 Å². The van der Waals surface area contributed by atoms with E-state index in [1.807, 2.05) is 17.5 Å². The fourth-order valence-corrected chi connectivity index (χ4v) is 2.60. The fraction of sp³-hybridized carbons (Fsp3) is 0.385. The summed E-state index contributed by atoms with van der Waals surface area (Å²) in [6.45, 7) is 1.34. The first kappa shape index (κ1) is 15.2. The highest BCUT2D eigenvalue weighted by molar-refractivity contribution is 7.09. The van der Waals surface area contributed by atoms with Gasteiger partial charge in [0.2, 0.25) is 0 Å². The smallest absolute Gasteiger partial charge is 0.334 e. The van der Waals surface area contributed by atoms with Gasteiger partial charge in [0.15, 0.2) is 0 Å². The van der Waals surface area contributed by atoms with Gasteiger partial charge in [0.1, 0.15) is 6.54 Å². The molecule has 8 heteroatoms. The summed E-state index contributed by atoms with van der Waals surface area (Å²) in [6.07, 6.45) is 0.482. The first-order valence-corrected chi connectivity index (χ1v) is 7.28. The number of carbonyl (C=O) groups is 4. The molecule has 0 aromatic carbocycles. The first-order valence-electron chi connectivity index (χ1n) is 6.40. The average molecular weight is 310 g/mol. The summed E-state index contributed by atoms with van der Waals surface area (Å²) < 4.78 is 4.68. The van der Waals surface area contributed by atoms with Gasteiger partial charge >= 0.3 is 23.8 Å². The monoisotopic (exact) mass is 310 g/mol. The molecule has 0 unspecified atom stereocenters. The Bertz CT molecular complexity index is 569. The molecule has 0 atom stereocenters. The molecule has 0 spiro atoms. The van der Waals surface area contributed by atoms with Crippen LogP contribution in [0.1, 0.15) is 11.8 Å². The molecule has 21 heavy (non-hydrogen) atoms. The SMILES string of the molecule is CCOC(=O)CN1C(=O)C(=O)N(CCc2cccs2)C1=O. The lowest BCUT2D eigenvalue weighted by atomic mass is 10.3. The van der Waals surface area contributed by atoms with Gasteiger partial charge in [-0.2, -0.15) is 0 Å². The zero-order chi connectivity index (χ0) is 15.4. The van der Waals surface area contributed by atoms with E-state index in [1.165, 1.54) is 11.3 Å². The molecule has 1 aliphatic rings. The third kappa shape index (κ3) is 3.27. The van der Waals surface area contributed by atoms with Crippen LogP contribution in [0.5, 0.6) is 0 Å². The lowest BCUT2D eigenvalue weighted by Crippen LogP contribution is -2.38. The largest absolute Gasteiger partial charge is 0.465 e. The van der Waals surface area contributed by atoms with Crippen LogP contribution in [0.4, 0.5) is 4.79 Å². The maximum Gasteiger partial charge on any atom is 0.334 e. The van der Waals surface area contributed by atoms with Crippen LogP contribution in [0.25, 0.3) is 0 Å². The van der Waals surface area contributed by atoms with Crippen LogP contribution in [0, 0.1) is 0 Å². The van der Waals surface area contributed by atoms with Gasteiger partial charge in [-0.3, -0.25) is 19.3 Å². The molecule has 0 saturated carbocycles. The highest BCUT2D eigenvalue weighted by Crippen LogP contribution is 2.15. The summed E-state index contributed by atoms with van der Waals surface area (Å²) in [5.74, 6) is -2.60. The molecule has 1 fully saturated rings. The van der Waals surface area contributed by atoms with Gasteiger partial charge in [-0.15, -0.1) is 11.3 Å². The Labute approximate surface area is 125 Å². The lowest BCUT2D eigenvalue weighted by molar-refractivity contribution is -0.148. The standard InChI is InChI=1S/C13H14N2O5S/c1-2-20-10(16)8-15-12(18)11(17)14(13(15)19)6-5-9-4-3-7-21-9/h3-4,7H,2,5-6,8H2,1H3. The Morgan fingerprint density at radius 3 is 2.57 bits per heavy atom. The van der Waals surface area contributed by atoms with E-state index in [2.05, 4.69) is 4.74 Å². The molecular weight excluding hydrogens is 296 g/mol. The predicted octanol–water partition coefficient (Wildman–Crippen LogP) is 0.645. The molecule has 1 aromatic rings. The molecule has 7 nitrogen and oxygen atoms in total. The van der Waals surface area contributed by atoms with Crippen molar-refractivity contribution in [3.05, 3.63) is 22.4 Å². The number of hydrogen-bond acceptors (Lipinski definition) is 6. The minimum atomic E-state index is -0.987. The molecule has 2 rings (SSSR count). The Hall–Kier alpha value is -2.22. The van der Waals surface area contributed by atoms with E-state index >= 15 is 0 Å². The minimum absolute atomic E-state index is 0.114. The molecule has 4 amide bonds. The molecule has 1 aliphatic heterocycles. The van der Waals surface area contributed by atoms with Crippen molar-refractivity contribution >= 4 is 35.2 Å². The van der Waals surface area contributed by atoms with Gasteiger partial charge in [0.25, 0.3) is 0 Å². The fourth-order valence-electron chi connectivity index (χ4n) is 1.90. The second kappa shape index (κ2) is 6.49. The number of esters is 1. The summed E-state index contributed by atoms with van der Waals surface area (Å²) in [4.78, 5) is 49.4. The first-order chi connectivity index (χ1) is 10.0. The number of carbonyl (C=O) groups excluding carboxylic acids is 4. The molecule has 0 bridgehead atoms. The summed E-state index contributed by atoms with van der Waals surface area (Å²) >= 11 is 1.51. The number of nitrogens with zero attached hydrogens (tertiary/aromatic N) is 2. The van der Waals surface area contributed by atoms with Crippen molar-refractivity contribution in [1.29, 1.82) is 0 Å². The molecule has 1 saturated heterocycles. The number of thiophene rings is 1. The maximum atomic E-state index is 12.0. The number of amides is 4. The molecule has 0 radical (unpaired) electrons. The minimum Gasteiger partial charge on any atom is -0.465 e. The molecule has 0 N–H and O–H groups in total. The van der Waals surface area contributed by atoms with E-state index in [4.69, 9.17) is 0 Å². The lowest BCUT2D eigenvalue weighted by Gasteiger charge is -2.14. The highest BCUT2D eigenvalue weighted by atomic mass is 32.1. The zero-order valence-electron chi connectivity index (χ0n) is 11.4. The third-order valence-corrected chi connectivity index (χ3v) is 3.83. The molecule has 1 aromatic heterocycles. The quantitative estimate of drug-likeness (QED) is 0.437. The number of hydrogen-bond donors (Lipinski definition) is 0. The van der Waals surface area contributed by atoms with Crippen LogP contribution in [-0.2, 0) is 25.5 Å². The second-order valence-electron chi connectivity index (χ2n) is 4.27. The van der Waals surface area contributed by atoms with Crippen molar-refractivity contribution in [2.75, 3.05) is 19.7 Å². The van der Waals surface area contributed by atoms with Crippen LogP contribution >= 0.6 is 11.3 Å². The van der Waals surface area contributed by atoms with Crippen LogP contribution in [0.3, 0.4) is 0 Å². The van der Waals surface area contributed by atoms with Crippen molar-refractivity contribution in [3.63, 3.8) is 0 Å². The summed E-state index contributed by atoms with van der Waals surface area (Å²) in [6, 6.07) is 2.98. The topological polar surface area (TPSA) is 84.0 Å². The Morgan fingerprint density at radius 2 is 1.95 bits per heavy atom. The Kier molecular flexibility index (Phi) is 4.69. The van der Waals surface area contributed by atoms with Gasteiger partial charge < -0.3 is 4.74 Å². The van der Waals surface area contributed by atoms with Crippen LogP contribution in [0.15, 0.2) is 17.5 Å². The van der Waals surface area contributed by atoms with Crippen molar-refractivity contribution in [2.24, 2.45) is 0 Å². The van der Waals surface area contributed by atoms with Gasteiger partial charge in [0, 0.05) is 17.8 Å². The number of ether oxygens (including phenoxy) is 1. The summed E-state index contributed by atoms with van der Waals surface area (Å²) in [7, 11) is 0. The van der Waals surface area contributed by atoms with E-state index in [0.29, 0.717) is 11.3 Å². The Balaban J connectivity index is 2.00. The van der Waals surface area contributed by atoms with Crippen LogP contribution < -0.4 is 0 Å². The summed E-state index contributed by atoms with van der Waals surface area (Å²) in [5, 5.41) is 1.89. The van der Waals surface area contributed by atoms with Crippen LogP contribution in [0.2, 0.25) is 0 Å². The summed E-state index contributed by atoms with van der Waals surface area (Å²) in [5.41, 5.74) is 0. The van der Waals surface area contributed by atoms with Gasteiger partial charge in [-0.05, 0) is 18.4 Å². The second-order valence-corrected chi connectivity index (χ2v) is 5.30. The van der Waals surface area contributed by atoms with E-state index in [0.717, 1.165) is 9.78 Å². The van der Waals surface area contributed by atoms with Crippen molar-refractivity contribution in [2.45, 2.75) is 13.3 Å². The third-order valence-electron chi connectivity index (χ3n) is 2.89. The molecular formula is C13H14N2O5S. The van der Waals surface area contributed by atoms with Gasteiger partial charge in [-0.25, -0.2) is 9.69 Å². The average Bonchev–Trinajstić information content (AvgIpc) is 3.02. The van der Waals surface area contributed by atoms with Crippen molar-refractivity contribution in [3.8, 4) is 0 Å². The normalized spacial score (nSPS) is 15.0. The molecule has 112 valence electrons. The van der Waals surface area contributed by atoms with Crippen LogP contribution in [-0.4, -0.2) is 53.3 Å². The van der Waals surface area contributed by atoms with E-state index in [-0.39, 0.29) is 13.2 Å². The molecule has 0 aliphatic carbocycles. The van der Waals surface area contributed by atoms with Gasteiger partial charge in [0.05, 0.1) is 6.61 Å². The van der Waals surface area contributed by atoms with E-state index in [1.54, 1.807) is 6.92 Å². The van der Waals surface area contributed by atoms with Crippen molar-refractivity contribution in [1.82, 2.24) is 9.80 Å². The Morgan fingerprint density at radius 1 is 1.24 bits per heavy atom. The predicted molar refractivity (Wildman–Crippen MR) is 73.5 cm³/mol. The van der Waals surface area contributed by atoms with E-state index < -0.39 is 30.4 Å². The number of urea groups is 1. The highest BCUT2D eigenvalue weighted by Gasteiger charge is 2.45. The zero-order valence-corrected chi connectivity index (χ0v) is 12.2. The van der Waals surface area contributed by atoms with Crippen molar-refractivity contribution < 1.29 is 23.9 Å².